The van der Waals surface area contributed by atoms with Gasteiger partial charge in [-0.3, -0.25) is 16.0 Å². The molecule has 3 N–H and O–H groups in total. The van der Waals surface area contributed by atoms with Crippen molar-refractivity contribution in [2.24, 2.45) is 12.9 Å². The van der Waals surface area contributed by atoms with Crippen molar-refractivity contribution in [3.8, 4) is 0 Å². The fraction of sp³-hybridized carbons (Fsp3) is 0.273. The minimum Gasteiger partial charge on any atom is -0.271 e. The van der Waals surface area contributed by atoms with E-state index in [2.05, 4.69) is 66.2 Å². The van der Waals surface area contributed by atoms with Crippen LogP contribution in [0, 0.1) is 3.57 Å². The molecule has 1 aromatic carbocycles. The van der Waals surface area contributed by atoms with Crippen LogP contribution < -0.4 is 11.3 Å². The van der Waals surface area contributed by atoms with Gasteiger partial charge in [0.25, 0.3) is 0 Å². The van der Waals surface area contributed by atoms with Crippen molar-refractivity contribution in [1.82, 2.24) is 20.2 Å². The molecular formula is C11H13BrIN5. The summed E-state index contributed by atoms with van der Waals surface area (Å²) in [7, 11) is 1.88. The maximum atomic E-state index is 5.66. The number of hydrazine groups is 1. The lowest BCUT2D eigenvalue weighted by Crippen LogP contribution is -2.31. The van der Waals surface area contributed by atoms with Crippen LogP contribution in [0.1, 0.15) is 17.4 Å². The van der Waals surface area contributed by atoms with E-state index in [1.54, 1.807) is 11.0 Å². The SMILES string of the molecule is Cn1ncnc1CC(NN)c1cc(Br)ccc1I. The zero-order valence-electron chi connectivity index (χ0n) is 9.77. The van der Waals surface area contributed by atoms with Crippen molar-refractivity contribution in [2.75, 3.05) is 0 Å². The number of halogens is 2. The second-order valence-corrected chi connectivity index (χ2v) is 5.97. The Morgan fingerprint density at radius 3 is 2.94 bits per heavy atom. The lowest BCUT2D eigenvalue weighted by atomic mass is 10.0. The predicted octanol–water partition coefficient (Wildman–Crippen LogP) is 1.93. The zero-order chi connectivity index (χ0) is 13.1. The van der Waals surface area contributed by atoms with E-state index in [1.807, 2.05) is 13.1 Å². The fourth-order valence-corrected chi connectivity index (χ4v) is 2.82. The van der Waals surface area contributed by atoms with Crippen LogP contribution in [0.2, 0.25) is 0 Å². The first-order valence-corrected chi connectivity index (χ1v) is 7.23. The summed E-state index contributed by atoms with van der Waals surface area (Å²) in [6.45, 7) is 0. The van der Waals surface area contributed by atoms with E-state index in [0.717, 1.165) is 15.9 Å². The largest absolute Gasteiger partial charge is 0.271 e. The van der Waals surface area contributed by atoms with Crippen molar-refractivity contribution in [3.63, 3.8) is 0 Å². The molecule has 0 amide bonds. The average Bonchev–Trinajstić information content (AvgIpc) is 2.75. The molecule has 1 atom stereocenters. The molecule has 0 saturated carbocycles. The highest BCUT2D eigenvalue weighted by Crippen LogP contribution is 2.25. The molecule has 7 heteroatoms. The Labute approximate surface area is 127 Å². The van der Waals surface area contributed by atoms with Crippen LogP contribution in [0.3, 0.4) is 0 Å². The van der Waals surface area contributed by atoms with E-state index in [9.17, 15) is 0 Å². The van der Waals surface area contributed by atoms with Gasteiger partial charge in [0.1, 0.15) is 12.2 Å². The number of nitrogens with two attached hydrogens (primary N) is 1. The van der Waals surface area contributed by atoms with Gasteiger partial charge in [0.2, 0.25) is 0 Å². The van der Waals surface area contributed by atoms with E-state index in [0.29, 0.717) is 6.42 Å². The van der Waals surface area contributed by atoms with Crippen molar-refractivity contribution in [1.29, 1.82) is 0 Å². The minimum atomic E-state index is 0.0114. The van der Waals surface area contributed by atoms with E-state index < -0.39 is 0 Å². The summed E-state index contributed by atoms with van der Waals surface area (Å²) in [6, 6.07) is 6.16. The van der Waals surface area contributed by atoms with E-state index >= 15 is 0 Å². The monoisotopic (exact) mass is 421 g/mol. The quantitative estimate of drug-likeness (QED) is 0.449. The molecule has 0 aliphatic rings. The minimum absolute atomic E-state index is 0.0114. The second-order valence-electron chi connectivity index (χ2n) is 3.89. The van der Waals surface area contributed by atoms with Gasteiger partial charge in [-0.2, -0.15) is 5.10 Å². The molecule has 2 rings (SSSR count). The van der Waals surface area contributed by atoms with Crippen LogP contribution >= 0.6 is 38.5 Å². The van der Waals surface area contributed by atoms with Gasteiger partial charge >= 0.3 is 0 Å². The number of aromatic nitrogens is 3. The molecule has 0 fully saturated rings. The van der Waals surface area contributed by atoms with Gasteiger partial charge in [0.05, 0.1) is 6.04 Å². The molecule has 0 bridgehead atoms. The van der Waals surface area contributed by atoms with E-state index in [-0.39, 0.29) is 6.04 Å². The van der Waals surface area contributed by atoms with Crippen molar-refractivity contribution in [2.45, 2.75) is 12.5 Å². The smallest absolute Gasteiger partial charge is 0.138 e. The van der Waals surface area contributed by atoms with E-state index in [4.69, 9.17) is 5.84 Å². The third-order valence-corrected chi connectivity index (χ3v) is 4.20. The predicted molar refractivity (Wildman–Crippen MR) is 81.6 cm³/mol. The second kappa shape index (κ2) is 6.09. The normalized spacial score (nSPS) is 12.7. The first-order chi connectivity index (χ1) is 8.61. The summed E-state index contributed by atoms with van der Waals surface area (Å²) < 4.78 is 3.96. The molecule has 2 aromatic rings. The summed E-state index contributed by atoms with van der Waals surface area (Å²) in [5.41, 5.74) is 3.99. The average molecular weight is 422 g/mol. The van der Waals surface area contributed by atoms with Crippen LogP contribution in [-0.2, 0) is 13.5 Å². The van der Waals surface area contributed by atoms with Crippen LogP contribution in [0.5, 0.6) is 0 Å². The molecule has 18 heavy (non-hydrogen) atoms. The molecule has 0 radical (unpaired) electrons. The maximum absolute atomic E-state index is 5.66. The van der Waals surface area contributed by atoms with Crippen LogP contribution in [0.25, 0.3) is 0 Å². The lowest BCUT2D eigenvalue weighted by Gasteiger charge is -2.17. The van der Waals surface area contributed by atoms with Gasteiger partial charge in [0, 0.05) is 21.5 Å². The molecule has 0 aliphatic heterocycles. The summed E-state index contributed by atoms with van der Waals surface area (Å²) in [5.74, 6) is 6.56. The van der Waals surface area contributed by atoms with E-state index in [1.165, 1.54) is 3.57 Å². The Morgan fingerprint density at radius 2 is 2.33 bits per heavy atom. The number of benzene rings is 1. The highest BCUT2D eigenvalue weighted by atomic mass is 127. The van der Waals surface area contributed by atoms with Gasteiger partial charge in [-0.25, -0.2) is 4.98 Å². The van der Waals surface area contributed by atoms with Gasteiger partial charge in [-0.05, 0) is 46.4 Å². The molecule has 96 valence electrons. The Balaban J connectivity index is 2.28. The van der Waals surface area contributed by atoms with Crippen LogP contribution in [-0.4, -0.2) is 14.8 Å². The topological polar surface area (TPSA) is 68.8 Å². The van der Waals surface area contributed by atoms with Crippen molar-refractivity contribution >= 4 is 38.5 Å². The standard InChI is InChI=1S/C11H13BrIN5/c1-18-11(15-6-16-18)5-10(17-14)8-4-7(12)2-3-9(8)13/h2-4,6,10,17H,5,14H2,1H3. The molecule has 5 nitrogen and oxygen atoms in total. The lowest BCUT2D eigenvalue weighted by molar-refractivity contribution is 0.521. The first-order valence-electron chi connectivity index (χ1n) is 5.35. The Hall–Kier alpha value is -0.510. The number of nitrogens with zero attached hydrogens (tertiary/aromatic N) is 3. The molecular weight excluding hydrogens is 409 g/mol. The van der Waals surface area contributed by atoms with Crippen molar-refractivity contribution in [3.05, 3.63) is 44.0 Å². The van der Waals surface area contributed by atoms with Crippen LogP contribution in [0.4, 0.5) is 0 Å². The summed E-state index contributed by atoms with van der Waals surface area (Å²) in [4.78, 5) is 4.22. The maximum Gasteiger partial charge on any atom is 0.138 e. The highest BCUT2D eigenvalue weighted by Gasteiger charge is 2.16. The first kappa shape index (κ1) is 13.9. The summed E-state index contributed by atoms with van der Waals surface area (Å²) in [5, 5.41) is 4.06. The van der Waals surface area contributed by atoms with Gasteiger partial charge in [0.15, 0.2) is 0 Å². The molecule has 1 unspecified atom stereocenters. The Morgan fingerprint density at radius 1 is 1.56 bits per heavy atom. The Kier molecular flexibility index (Phi) is 4.71. The number of nitrogens with one attached hydrogen (secondary N) is 1. The molecule has 0 saturated heterocycles. The third kappa shape index (κ3) is 3.08. The number of hydrogen-bond acceptors (Lipinski definition) is 4. The van der Waals surface area contributed by atoms with Gasteiger partial charge in [-0.1, -0.05) is 15.9 Å². The van der Waals surface area contributed by atoms with Gasteiger partial charge < -0.3 is 0 Å². The van der Waals surface area contributed by atoms with Crippen LogP contribution in [0.15, 0.2) is 29.0 Å². The third-order valence-electron chi connectivity index (χ3n) is 2.73. The highest BCUT2D eigenvalue weighted by molar-refractivity contribution is 14.1. The van der Waals surface area contributed by atoms with Crippen molar-refractivity contribution < 1.29 is 0 Å². The zero-order valence-corrected chi connectivity index (χ0v) is 13.5. The fourth-order valence-electron chi connectivity index (χ4n) is 1.73. The summed E-state index contributed by atoms with van der Waals surface area (Å²) in [6.07, 6.45) is 2.24. The van der Waals surface area contributed by atoms with Gasteiger partial charge in [-0.15, -0.1) is 0 Å². The number of aryl methyl sites for hydroxylation is 1. The summed E-state index contributed by atoms with van der Waals surface area (Å²) >= 11 is 5.79. The molecule has 0 spiro atoms. The molecule has 1 aromatic heterocycles. The number of hydrogen-bond donors (Lipinski definition) is 2. The molecule has 1 heterocycles. The molecule has 0 aliphatic carbocycles. The Bertz CT molecular complexity index is 542. The number of rotatable bonds is 4.